The van der Waals surface area contributed by atoms with Gasteiger partial charge < -0.3 is 5.32 Å². The number of hydrogen-bond donors (Lipinski definition) is 2. The molecule has 2 nitrogen and oxygen atoms in total. The van der Waals surface area contributed by atoms with E-state index in [4.69, 9.17) is 0 Å². The molecule has 2 atom stereocenters. The summed E-state index contributed by atoms with van der Waals surface area (Å²) in [5, 5.41) is 3.80. The molecule has 0 aliphatic heterocycles. The first-order chi connectivity index (χ1) is 8.60. The molecule has 1 aromatic rings. The zero-order valence-electron chi connectivity index (χ0n) is 10.1. The monoisotopic (exact) mass is 345 g/mol. The van der Waals surface area contributed by atoms with E-state index in [0.29, 0.717) is 16.9 Å². The molecule has 1 aromatic carbocycles. The molecule has 1 aliphatic rings. The van der Waals surface area contributed by atoms with E-state index in [9.17, 15) is 4.79 Å². The second-order valence-corrected chi connectivity index (χ2v) is 7.01. The number of benzene rings is 1. The third-order valence-electron chi connectivity index (χ3n) is 3.25. The van der Waals surface area contributed by atoms with E-state index in [1.54, 1.807) is 6.07 Å². The van der Waals surface area contributed by atoms with Crippen LogP contribution in [0.25, 0.3) is 0 Å². The van der Waals surface area contributed by atoms with Crippen molar-refractivity contribution in [2.24, 2.45) is 0 Å². The summed E-state index contributed by atoms with van der Waals surface area (Å²) in [4.78, 5) is 13.0. The third kappa shape index (κ3) is 3.45. The van der Waals surface area contributed by atoms with Crippen molar-refractivity contribution in [3.8, 4) is 0 Å². The fourth-order valence-corrected chi connectivity index (χ4v) is 3.66. The Balaban J connectivity index is 2.02. The summed E-state index contributed by atoms with van der Waals surface area (Å²) in [5.74, 6) is -0.00970. The summed E-state index contributed by atoms with van der Waals surface area (Å²) >= 11 is 9.57. The summed E-state index contributed by atoms with van der Waals surface area (Å²) in [6.45, 7) is 0. The standard InChI is InChI=1S/C13H16BrNOS2/c1-18-10-4-2-8(6-10)15-13(16)11-7-9(17)3-5-12(11)14/h3,5,7-8,10,17H,2,4,6H2,1H3,(H,15,16). The van der Waals surface area contributed by atoms with Crippen LogP contribution in [0.4, 0.5) is 0 Å². The summed E-state index contributed by atoms with van der Waals surface area (Å²) in [6.07, 6.45) is 5.48. The van der Waals surface area contributed by atoms with E-state index in [1.165, 1.54) is 6.42 Å². The highest BCUT2D eigenvalue weighted by Crippen LogP contribution is 2.28. The van der Waals surface area contributed by atoms with Gasteiger partial charge in [-0.3, -0.25) is 4.79 Å². The Morgan fingerprint density at radius 1 is 1.50 bits per heavy atom. The van der Waals surface area contributed by atoms with Crippen LogP contribution in [-0.2, 0) is 0 Å². The number of carbonyl (C=O) groups is 1. The molecule has 1 fully saturated rings. The van der Waals surface area contributed by atoms with E-state index in [2.05, 4.69) is 40.1 Å². The first-order valence-corrected chi connectivity index (χ1v) is 8.45. The van der Waals surface area contributed by atoms with Crippen LogP contribution in [-0.4, -0.2) is 23.5 Å². The van der Waals surface area contributed by atoms with Gasteiger partial charge in [0.05, 0.1) is 5.56 Å². The minimum absolute atomic E-state index is 0.00970. The molecular formula is C13H16BrNOS2. The van der Waals surface area contributed by atoms with Gasteiger partial charge in [0.2, 0.25) is 0 Å². The molecule has 0 aromatic heterocycles. The van der Waals surface area contributed by atoms with Crippen molar-refractivity contribution < 1.29 is 4.79 Å². The highest BCUT2D eigenvalue weighted by Gasteiger charge is 2.25. The molecular weight excluding hydrogens is 330 g/mol. The first kappa shape index (κ1) is 14.3. The fraction of sp³-hybridized carbons (Fsp3) is 0.462. The lowest BCUT2D eigenvalue weighted by Gasteiger charge is -2.14. The Hall–Kier alpha value is -0.130. The lowest BCUT2D eigenvalue weighted by Crippen LogP contribution is -2.33. The number of rotatable bonds is 3. The fourth-order valence-electron chi connectivity index (χ4n) is 2.24. The highest BCUT2D eigenvalue weighted by atomic mass is 79.9. The van der Waals surface area contributed by atoms with Gasteiger partial charge in [0.25, 0.3) is 5.91 Å². The molecule has 1 aliphatic carbocycles. The molecule has 1 N–H and O–H groups in total. The number of hydrogen-bond acceptors (Lipinski definition) is 3. The van der Waals surface area contributed by atoms with Crippen LogP contribution in [0.15, 0.2) is 27.6 Å². The number of carbonyl (C=O) groups excluding carboxylic acids is 1. The maximum atomic E-state index is 12.2. The van der Waals surface area contributed by atoms with Gasteiger partial charge in [-0.1, -0.05) is 0 Å². The maximum Gasteiger partial charge on any atom is 0.252 e. The van der Waals surface area contributed by atoms with Gasteiger partial charge in [0.15, 0.2) is 0 Å². The molecule has 0 heterocycles. The minimum Gasteiger partial charge on any atom is -0.349 e. The molecule has 0 bridgehead atoms. The normalized spacial score (nSPS) is 23.1. The quantitative estimate of drug-likeness (QED) is 0.816. The molecule has 1 amide bonds. The molecule has 2 rings (SSSR count). The van der Waals surface area contributed by atoms with E-state index in [0.717, 1.165) is 22.2 Å². The van der Waals surface area contributed by atoms with Crippen molar-refractivity contribution in [1.82, 2.24) is 5.32 Å². The maximum absolute atomic E-state index is 12.2. The lowest BCUT2D eigenvalue weighted by atomic mass is 10.2. The average molecular weight is 346 g/mol. The van der Waals surface area contributed by atoms with Gasteiger partial charge >= 0.3 is 0 Å². The Bertz CT molecular complexity index is 453. The summed E-state index contributed by atoms with van der Waals surface area (Å²) in [6, 6.07) is 5.83. The largest absolute Gasteiger partial charge is 0.349 e. The molecule has 0 radical (unpaired) electrons. The Kier molecular flexibility index (Phi) is 5.04. The lowest BCUT2D eigenvalue weighted by molar-refractivity contribution is 0.0937. The second kappa shape index (κ2) is 6.35. The van der Waals surface area contributed by atoms with Crippen LogP contribution >= 0.6 is 40.3 Å². The van der Waals surface area contributed by atoms with Crippen molar-refractivity contribution in [3.63, 3.8) is 0 Å². The van der Waals surface area contributed by atoms with E-state index < -0.39 is 0 Å². The molecule has 1 saturated carbocycles. The number of halogens is 1. The molecule has 5 heteroatoms. The predicted molar refractivity (Wildman–Crippen MR) is 83.8 cm³/mol. The van der Waals surface area contributed by atoms with Gasteiger partial charge in [-0.2, -0.15) is 11.8 Å². The van der Waals surface area contributed by atoms with Crippen LogP contribution in [0.5, 0.6) is 0 Å². The van der Waals surface area contributed by atoms with E-state index in [1.807, 2.05) is 23.9 Å². The van der Waals surface area contributed by atoms with E-state index in [-0.39, 0.29) is 5.91 Å². The van der Waals surface area contributed by atoms with Crippen LogP contribution in [0.1, 0.15) is 29.6 Å². The number of thioether (sulfide) groups is 1. The first-order valence-electron chi connectivity index (χ1n) is 5.92. The minimum atomic E-state index is -0.00970. The molecule has 98 valence electrons. The third-order valence-corrected chi connectivity index (χ3v) is 5.31. The second-order valence-electron chi connectivity index (χ2n) is 4.51. The van der Waals surface area contributed by atoms with Crippen molar-refractivity contribution in [2.75, 3.05) is 6.26 Å². The Labute approximate surface area is 126 Å². The molecule has 0 saturated heterocycles. The average Bonchev–Trinajstić information content (AvgIpc) is 2.80. The molecule has 0 spiro atoms. The molecule has 18 heavy (non-hydrogen) atoms. The number of amides is 1. The van der Waals surface area contributed by atoms with Crippen LogP contribution in [0.3, 0.4) is 0 Å². The number of thiol groups is 1. The molecule has 2 unspecified atom stereocenters. The van der Waals surface area contributed by atoms with Gasteiger partial charge in [0.1, 0.15) is 0 Å². The highest BCUT2D eigenvalue weighted by molar-refractivity contribution is 9.10. The number of nitrogens with one attached hydrogen (secondary N) is 1. The summed E-state index contributed by atoms with van der Waals surface area (Å²) < 4.78 is 0.817. The zero-order chi connectivity index (χ0) is 13.1. The topological polar surface area (TPSA) is 29.1 Å². The van der Waals surface area contributed by atoms with Crippen LogP contribution < -0.4 is 5.32 Å². The van der Waals surface area contributed by atoms with Crippen molar-refractivity contribution >= 4 is 46.2 Å². The zero-order valence-corrected chi connectivity index (χ0v) is 13.4. The Morgan fingerprint density at radius 3 is 2.94 bits per heavy atom. The van der Waals surface area contributed by atoms with Crippen molar-refractivity contribution in [3.05, 3.63) is 28.2 Å². The van der Waals surface area contributed by atoms with Crippen LogP contribution in [0.2, 0.25) is 0 Å². The van der Waals surface area contributed by atoms with Crippen molar-refractivity contribution in [1.29, 1.82) is 0 Å². The van der Waals surface area contributed by atoms with Gasteiger partial charge in [-0.05, 0) is 59.6 Å². The Morgan fingerprint density at radius 2 is 2.28 bits per heavy atom. The van der Waals surface area contributed by atoms with Crippen LogP contribution in [0, 0.1) is 0 Å². The van der Waals surface area contributed by atoms with E-state index >= 15 is 0 Å². The van der Waals surface area contributed by atoms with Gasteiger partial charge in [0, 0.05) is 20.7 Å². The smallest absolute Gasteiger partial charge is 0.252 e. The van der Waals surface area contributed by atoms with Gasteiger partial charge in [-0.15, -0.1) is 12.6 Å². The summed E-state index contributed by atoms with van der Waals surface area (Å²) in [7, 11) is 0. The summed E-state index contributed by atoms with van der Waals surface area (Å²) in [5.41, 5.74) is 0.662. The predicted octanol–water partition coefficient (Wildman–Crippen LogP) is 3.75. The van der Waals surface area contributed by atoms with Crippen molar-refractivity contribution in [2.45, 2.75) is 35.4 Å². The van der Waals surface area contributed by atoms with Gasteiger partial charge in [-0.25, -0.2) is 0 Å². The SMILES string of the molecule is CSC1CCC(NC(=O)c2cc(S)ccc2Br)C1.